The monoisotopic (exact) mass is 306 g/mol. The number of hydrazine groups is 1. The molecule has 1 unspecified atom stereocenters. The molecule has 0 aliphatic heterocycles. The molecule has 0 aliphatic rings. The quantitative estimate of drug-likeness (QED) is 0.561. The van der Waals surface area contributed by atoms with E-state index in [0.717, 1.165) is 15.6 Å². The normalized spacial score (nSPS) is 12.8. The van der Waals surface area contributed by atoms with Crippen molar-refractivity contribution < 1.29 is 4.39 Å². The van der Waals surface area contributed by atoms with Gasteiger partial charge in [-0.25, -0.2) is 9.82 Å². The molecular formula is C15H12ClFN2S. The van der Waals surface area contributed by atoms with Crippen LogP contribution in [0.2, 0.25) is 5.02 Å². The fraction of sp³-hybridized carbons (Fsp3) is 0.0667. The third-order valence-corrected chi connectivity index (χ3v) is 4.58. The van der Waals surface area contributed by atoms with Crippen molar-refractivity contribution >= 4 is 33.0 Å². The number of nitrogens with one attached hydrogen (secondary N) is 1. The molecule has 1 aromatic heterocycles. The molecule has 0 bridgehead atoms. The summed E-state index contributed by atoms with van der Waals surface area (Å²) in [6.45, 7) is 0. The first-order valence-electron chi connectivity index (χ1n) is 6.08. The Bertz CT molecular complexity index is 756. The van der Waals surface area contributed by atoms with E-state index < -0.39 is 0 Å². The first-order valence-corrected chi connectivity index (χ1v) is 7.33. The van der Waals surface area contributed by atoms with Crippen LogP contribution in [0.15, 0.2) is 47.8 Å². The maximum absolute atomic E-state index is 13.5. The van der Waals surface area contributed by atoms with E-state index in [1.807, 2.05) is 29.6 Å². The zero-order valence-corrected chi connectivity index (χ0v) is 12.0. The van der Waals surface area contributed by atoms with Gasteiger partial charge < -0.3 is 0 Å². The van der Waals surface area contributed by atoms with Gasteiger partial charge in [0.25, 0.3) is 0 Å². The first kappa shape index (κ1) is 13.5. The van der Waals surface area contributed by atoms with Gasteiger partial charge >= 0.3 is 0 Å². The van der Waals surface area contributed by atoms with Crippen LogP contribution in [0, 0.1) is 5.82 Å². The summed E-state index contributed by atoms with van der Waals surface area (Å²) in [5.74, 6) is 5.35. The van der Waals surface area contributed by atoms with Gasteiger partial charge in [-0.15, -0.1) is 11.3 Å². The summed E-state index contributed by atoms with van der Waals surface area (Å²) >= 11 is 7.81. The highest BCUT2D eigenvalue weighted by Gasteiger charge is 2.19. The fourth-order valence-electron chi connectivity index (χ4n) is 2.30. The topological polar surface area (TPSA) is 38.0 Å². The number of benzene rings is 2. The standard InChI is InChI=1S/C15H12ClFN2S/c16-13-6-5-9(17)7-11(13)15(19-18)12-8-20-14-4-2-1-3-10(12)14/h1-8,15,19H,18H2. The van der Waals surface area contributed by atoms with E-state index in [4.69, 9.17) is 17.4 Å². The van der Waals surface area contributed by atoms with Crippen molar-refractivity contribution in [2.45, 2.75) is 6.04 Å². The van der Waals surface area contributed by atoms with Gasteiger partial charge in [-0.05, 0) is 46.2 Å². The van der Waals surface area contributed by atoms with Crippen LogP contribution in [-0.2, 0) is 0 Å². The lowest BCUT2D eigenvalue weighted by molar-refractivity contribution is 0.607. The van der Waals surface area contributed by atoms with Crippen molar-refractivity contribution in [3.8, 4) is 0 Å². The SMILES string of the molecule is NNC(c1cc(F)ccc1Cl)c1csc2ccccc12. The Morgan fingerprint density at radius 2 is 1.95 bits per heavy atom. The van der Waals surface area contributed by atoms with E-state index in [0.29, 0.717) is 10.6 Å². The highest BCUT2D eigenvalue weighted by atomic mass is 35.5. The Kier molecular flexibility index (Phi) is 3.72. The number of hydrogen-bond acceptors (Lipinski definition) is 3. The molecule has 2 aromatic carbocycles. The van der Waals surface area contributed by atoms with Crippen molar-refractivity contribution in [2.75, 3.05) is 0 Å². The predicted molar refractivity (Wildman–Crippen MR) is 82.4 cm³/mol. The minimum absolute atomic E-state index is 0.329. The van der Waals surface area contributed by atoms with Crippen molar-refractivity contribution in [1.29, 1.82) is 0 Å². The molecule has 0 spiro atoms. The molecule has 0 saturated carbocycles. The lowest BCUT2D eigenvalue weighted by Gasteiger charge is -2.17. The van der Waals surface area contributed by atoms with Crippen LogP contribution in [0.1, 0.15) is 17.2 Å². The Labute approximate surface area is 125 Å². The van der Waals surface area contributed by atoms with Gasteiger partial charge in [0.1, 0.15) is 5.82 Å². The molecular weight excluding hydrogens is 295 g/mol. The van der Waals surface area contributed by atoms with Gasteiger partial charge in [0.15, 0.2) is 0 Å². The summed E-state index contributed by atoms with van der Waals surface area (Å²) in [5.41, 5.74) is 4.37. The minimum atomic E-state index is -0.339. The Balaban J connectivity index is 2.16. The first-order chi connectivity index (χ1) is 9.70. The molecule has 2 nitrogen and oxygen atoms in total. The average molecular weight is 307 g/mol. The molecule has 3 rings (SSSR count). The number of nitrogens with two attached hydrogens (primary N) is 1. The van der Waals surface area contributed by atoms with Crippen molar-refractivity contribution in [3.63, 3.8) is 0 Å². The molecule has 3 N–H and O–H groups in total. The molecule has 3 aromatic rings. The van der Waals surface area contributed by atoms with Crippen LogP contribution in [0.3, 0.4) is 0 Å². The smallest absolute Gasteiger partial charge is 0.123 e. The van der Waals surface area contributed by atoms with Gasteiger partial charge in [-0.2, -0.15) is 0 Å². The lowest BCUT2D eigenvalue weighted by Crippen LogP contribution is -2.29. The summed E-state index contributed by atoms with van der Waals surface area (Å²) in [6.07, 6.45) is 0. The molecule has 0 fully saturated rings. The second-order valence-corrected chi connectivity index (χ2v) is 5.77. The molecule has 5 heteroatoms. The highest BCUT2D eigenvalue weighted by molar-refractivity contribution is 7.17. The van der Waals surface area contributed by atoms with Crippen LogP contribution in [0.5, 0.6) is 0 Å². The molecule has 102 valence electrons. The van der Waals surface area contributed by atoms with E-state index >= 15 is 0 Å². The van der Waals surface area contributed by atoms with Crippen LogP contribution >= 0.6 is 22.9 Å². The Morgan fingerprint density at radius 1 is 1.15 bits per heavy atom. The average Bonchev–Trinajstić information content (AvgIpc) is 2.88. The zero-order chi connectivity index (χ0) is 14.1. The molecule has 1 atom stereocenters. The number of thiophene rings is 1. The summed E-state index contributed by atoms with van der Waals surface area (Å²) in [6, 6.07) is 12.0. The van der Waals surface area contributed by atoms with E-state index in [-0.39, 0.29) is 11.9 Å². The molecule has 0 radical (unpaired) electrons. The van der Waals surface area contributed by atoms with Gasteiger partial charge in [-0.1, -0.05) is 29.8 Å². The van der Waals surface area contributed by atoms with Crippen LogP contribution in [-0.4, -0.2) is 0 Å². The van der Waals surface area contributed by atoms with E-state index in [2.05, 4.69) is 5.43 Å². The predicted octanol–water partition coefficient (Wildman–Crippen LogP) is 4.25. The molecule has 20 heavy (non-hydrogen) atoms. The molecule has 1 heterocycles. The summed E-state index contributed by atoms with van der Waals surface area (Å²) in [5, 5.41) is 3.61. The lowest BCUT2D eigenvalue weighted by atomic mass is 9.98. The number of fused-ring (bicyclic) bond motifs is 1. The van der Waals surface area contributed by atoms with Gasteiger partial charge in [-0.3, -0.25) is 5.84 Å². The number of hydrogen-bond donors (Lipinski definition) is 2. The fourth-order valence-corrected chi connectivity index (χ4v) is 3.52. The highest BCUT2D eigenvalue weighted by Crippen LogP contribution is 2.35. The molecule has 0 saturated heterocycles. The third-order valence-electron chi connectivity index (χ3n) is 3.26. The Hall–Kier alpha value is -1.46. The van der Waals surface area contributed by atoms with Crippen LogP contribution in [0.4, 0.5) is 4.39 Å². The Morgan fingerprint density at radius 3 is 2.75 bits per heavy atom. The minimum Gasteiger partial charge on any atom is -0.271 e. The van der Waals surface area contributed by atoms with Crippen molar-refractivity contribution in [3.05, 3.63) is 69.8 Å². The van der Waals surface area contributed by atoms with E-state index in [1.165, 1.54) is 12.1 Å². The largest absolute Gasteiger partial charge is 0.271 e. The second kappa shape index (κ2) is 5.50. The van der Waals surface area contributed by atoms with Crippen molar-refractivity contribution in [1.82, 2.24) is 5.43 Å². The summed E-state index contributed by atoms with van der Waals surface area (Å²) in [4.78, 5) is 0. The third kappa shape index (κ3) is 2.31. The van der Waals surface area contributed by atoms with Gasteiger partial charge in [0.2, 0.25) is 0 Å². The van der Waals surface area contributed by atoms with E-state index in [9.17, 15) is 4.39 Å². The van der Waals surface area contributed by atoms with Gasteiger partial charge in [0, 0.05) is 9.72 Å². The maximum atomic E-state index is 13.5. The van der Waals surface area contributed by atoms with Gasteiger partial charge in [0.05, 0.1) is 6.04 Å². The van der Waals surface area contributed by atoms with Crippen molar-refractivity contribution in [2.24, 2.45) is 5.84 Å². The summed E-state index contributed by atoms with van der Waals surface area (Å²) in [7, 11) is 0. The maximum Gasteiger partial charge on any atom is 0.123 e. The van der Waals surface area contributed by atoms with Crippen LogP contribution < -0.4 is 11.3 Å². The van der Waals surface area contributed by atoms with E-state index in [1.54, 1.807) is 17.4 Å². The number of halogens is 2. The zero-order valence-electron chi connectivity index (χ0n) is 10.4. The number of rotatable bonds is 3. The molecule has 0 amide bonds. The molecule has 0 aliphatic carbocycles. The van der Waals surface area contributed by atoms with Crippen LogP contribution in [0.25, 0.3) is 10.1 Å². The summed E-state index contributed by atoms with van der Waals surface area (Å²) < 4.78 is 14.6. The second-order valence-electron chi connectivity index (χ2n) is 4.45.